The predicted molar refractivity (Wildman–Crippen MR) is 138 cm³/mol. The SMILES string of the molecule is Cc1ccccc1C(=O)Nc1ccc(S(=O)(=O)N[C@H]2CCNC[C@@H]2CC(C)C)c2ccccc12. The summed E-state index contributed by atoms with van der Waals surface area (Å²) in [5, 5.41) is 7.64. The van der Waals surface area contributed by atoms with Crippen molar-refractivity contribution in [3.8, 4) is 0 Å². The van der Waals surface area contributed by atoms with Crippen molar-refractivity contribution in [2.45, 2.75) is 44.6 Å². The van der Waals surface area contributed by atoms with Crippen molar-refractivity contribution >= 4 is 32.4 Å². The van der Waals surface area contributed by atoms with Gasteiger partial charge in [-0.1, -0.05) is 56.3 Å². The lowest BCUT2D eigenvalue weighted by molar-refractivity contribution is 0.102. The molecule has 3 N–H and O–H groups in total. The molecule has 4 rings (SSSR count). The Hall–Kier alpha value is -2.74. The van der Waals surface area contributed by atoms with Gasteiger partial charge in [-0.05, 0) is 68.5 Å². The molecule has 0 radical (unpaired) electrons. The van der Waals surface area contributed by atoms with Crippen molar-refractivity contribution in [3.63, 3.8) is 0 Å². The van der Waals surface area contributed by atoms with Gasteiger partial charge in [0.05, 0.1) is 4.90 Å². The maximum atomic E-state index is 13.5. The maximum Gasteiger partial charge on any atom is 0.255 e. The van der Waals surface area contributed by atoms with Crippen molar-refractivity contribution in [3.05, 3.63) is 71.8 Å². The van der Waals surface area contributed by atoms with Crippen molar-refractivity contribution in [2.24, 2.45) is 11.8 Å². The van der Waals surface area contributed by atoms with Crippen LogP contribution in [0.25, 0.3) is 10.8 Å². The van der Waals surface area contributed by atoms with E-state index in [1.165, 1.54) is 0 Å². The Morgan fingerprint density at radius 1 is 1.03 bits per heavy atom. The first kappa shape index (κ1) is 24.4. The van der Waals surface area contributed by atoms with Gasteiger partial charge in [-0.15, -0.1) is 0 Å². The Bertz CT molecular complexity index is 1290. The van der Waals surface area contributed by atoms with Crippen LogP contribution in [0.5, 0.6) is 0 Å². The van der Waals surface area contributed by atoms with E-state index in [-0.39, 0.29) is 22.8 Å². The van der Waals surface area contributed by atoms with E-state index in [0.29, 0.717) is 27.9 Å². The number of anilines is 1. The van der Waals surface area contributed by atoms with Crippen molar-refractivity contribution in [1.82, 2.24) is 10.0 Å². The van der Waals surface area contributed by atoms with E-state index in [1.807, 2.05) is 43.3 Å². The van der Waals surface area contributed by atoms with Crippen molar-refractivity contribution in [2.75, 3.05) is 18.4 Å². The highest BCUT2D eigenvalue weighted by Gasteiger charge is 2.30. The molecule has 1 fully saturated rings. The number of nitrogens with one attached hydrogen (secondary N) is 3. The molecule has 2 atom stereocenters. The van der Waals surface area contributed by atoms with E-state index in [2.05, 4.69) is 29.2 Å². The number of fused-ring (bicyclic) bond motifs is 1. The number of piperidine rings is 1. The van der Waals surface area contributed by atoms with Crippen LogP contribution in [0, 0.1) is 18.8 Å². The molecule has 0 saturated carbocycles. The van der Waals surface area contributed by atoms with Crippen molar-refractivity contribution < 1.29 is 13.2 Å². The average Bonchev–Trinajstić information content (AvgIpc) is 2.80. The maximum absolute atomic E-state index is 13.5. The Kier molecular flexibility index (Phi) is 7.36. The number of rotatable bonds is 7. The highest BCUT2D eigenvalue weighted by atomic mass is 32.2. The molecule has 3 aromatic carbocycles. The lowest BCUT2D eigenvalue weighted by Crippen LogP contribution is -2.49. The summed E-state index contributed by atoms with van der Waals surface area (Å²) in [6.45, 7) is 7.83. The molecule has 1 aliphatic rings. The monoisotopic (exact) mass is 479 g/mol. The second-order valence-corrected chi connectivity index (χ2v) is 11.2. The van der Waals surface area contributed by atoms with Crippen LogP contribution in [0.15, 0.2) is 65.6 Å². The zero-order valence-electron chi connectivity index (χ0n) is 20.0. The summed E-state index contributed by atoms with van der Waals surface area (Å²) in [5.41, 5.74) is 2.06. The molecule has 0 aromatic heterocycles. The van der Waals surface area contributed by atoms with E-state index >= 15 is 0 Å². The normalized spacial score (nSPS) is 18.8. The number of hydrogen-bond acceptors (Lipinski definition) is 4. The molecule has 1 heterocycles. The van der Waals surface area contributed by atoms with E-state index in [1.54, 1.807) is 24.3 Å². The fourth-order valence-electron chi connectivity index (χ4n) is 4.83. The zero-order chi connectivity index (χ0) is 24.3. The molecule has 1 saturated heterocycles. The number of hydrogen-bond donors (Lipinski definition) is 3. The third-order valence-electron chi connectivity index (χ3n) is 6.50. The molecule has 0 bridgehead atoms. The largest absolute Gasteiger partial charge is 0.321 e. The van der Waals surface area contributed by atoms with Crippen LogP contribution in [0.1, 0.15) is 42.6 Å². The minimum Gasteiger partial charge on any atom is -0.321 e. The minimum absolute atomic E-state index is 0.104. The number of carbonyl (C=O) groups is 1. The molecule has 1 aliphatic heterocycles. The molecule has 0 unspecified atom stereocenters. The second kappa shape index (κ2) is 10.3. The number of aryl methyl sites for hydroxylation is 1. The Labute approximate surface area is 202 Å². The molecule has 1 amide bonds. The van der Waals surface area contributed by atoms with Gasteiger partial charge in [0.1, 0.15) is 0 Å². The number of amides is 1. The summed E-state index contributed by atoms with van der Waals surface area (Å²) in [4.78, 5) is 13.1. The van der Waals surface area contributed by atoms with Crippen LogP contribution in [0.3, 0.4) is 0 Å². The Morgan fingerprint density at radius 3 is 2.47 bits per heavy atom. The fraction of sp³-hybridized carbons (Fsp3) is 0.370. The summed E-state index contributed by atoms with van der Waals surface area (Å²) in [7, 11) is -3.75. The van der Waals surface area contributed by atoms with Crippen LogP contribution >= 0.6 is 0 Å². The van der Waals surface area contributed by atoms with Crippen LogP contribution in [-0.4, -0.2) is 33.5 Å². The highest BCUT2D eigenvalue weighted by Crippen LogP contribution is 2.31. The molecular formula is C27H33N3O3S. The summed E-state index contributed by atoms with van der Waals surface area (Å²) < 4.78 is 30.1. The molecule has 0 spiro atoms. The minimum atomic E-state index is -3.75. The van der Waals surface area contributed by atoms with Crippen LogP contribution in [-0.2, 0) is 10.0 Å². The zero-order valence-corrected chi connectivity index (χ0v) is 20.8. The lowest BCUT2D eigenvalue weighted by Gasteiger charge is -2.33. The molecule has 3 aromatic rings. The quantitative estimate of drug-likeness (QED) is 0.458. The van der Waals surface area contributed by atoms with E-state index in [0.717, 1.165) is 31.5 Å². The molecule has 0 aliphatic carbocycles. The third kappa shape index (κ3) is 5.32. The summed E-state index contributed by atoms with van der Waals surface area (Å²) in [5.74, 6) is 0.527. The fourth-order valence-corrected chi connectivity index (χ4v) is 6.38. The number of sulfonamides is 1. The van der Waals surface area contributed by atoms with Gasteiger partial charge in [-0.25, -0.2) is 13.1 Å². The predicted octanol–water partition coefficient (Wildman–Crippen LogP) is 4.70. The van der Waals surface area contributed by atoms with Gasteiger partial charge in [0.2, 0.25) is 10.0 Å². The second-order valence-electron chi connectivity index (χ2n) is 9.54. The van der Waals surface area contributed by atoms with Gasteiger partial charge in [0.15, 0.2) is 0 Å². The van der Waals surface area contributed by atoms with Gasteiger partial charge in [0, 0.05) is 28.1 Å². The Morgan fingerprint density at radius 2 is 1.74 bits per heavy atom. The van der Waals surface area contributed by atoms with Gasteiger partial charge >= 0.3 is 0 Å². The first-order valence-corrected chi connectivity index (χ1v) is 13.4. The Balaban J connectivity index is 1.65. The molecule has 34 heavy (non-hydrogen) atoms. The van der Waals surface area contributed by atoms with E-state index in [9.17, 15) is 13.2 Å². The smallest absolute Gasteiger partial charge is 0.255 e. The number of benzene rings is 3. The van der Waals surface area contributed by atoms with E-state index in [4.69, 9.17) is 0 Å². The molecule has 6 nitrogen and oxygen atoms in total. The van der Waals surface area contributed by atoms with Gasteiger partial charge in [-0.3, -0.25) is 4.79 Å². The molecule has 180 valence electrons. The van der Waals surface area contributed by atoms with E-state index < -0.39 is 10.0 Å². The first-order valence-electron chi connectivity index (χ1n) is 11.9. The summed E-state index contributed by atoms with van der Waals surface area (Å²) in [6.07, 6.45) is 1.73. The molecular weight excluding hydrogens is 446 g/mol. The van der Waals surface area contributed by atoms with Crippen molar-refractivity contribution in [1.29, 1.82) is 0 Å². The standard InChI is InChI=1S/C27H33N3O3S/c1-18(2)16-20-17-28-15-14-24(20)30-34(32,33)26-13-12-25(22-10-6-7-11-23(22)26)29-27(31)21-9-5-4-8-19(21)3/h4-13,18,20,24,28,30H,14-17H2,1-3H3,(H,29,31)/t20-,24-/m0/s1. The van der Waals surface area contributed by atoms with Gasteiger partial charge < -0.3 is 10.6 Å². The first-order chi connectivity index (χ1) is 16.3. The van der Waals surface area contributed by atoms with Crippen LogP contribution in [0.2, 0.25) is 0 Å². The average molecular weight is 480 g/mol. The molecule has 7 heteroatoms. The highest BCUT2D eigenvalue weighted by molar-refractivity contribution is 7.89. The third-order valence-corrected chi connectivity index (χ3v) is 8.05. The van der Waals surface area contributed by atoms with Crippen LogP contribution in [0.4, 0.5) is 5.69 Å². The topological polar surface area (TPSA) is 87.3 Å². The lowest BCUT2D eigenvalue weighted by atomic mass is 9.87. The van der Waals surface area contributed by atoms with Gasteiger partial charge in [0.25, 0.3) is 5.91 Å². The number of carbonyl (C=O) groups excluding carboxylic acids is 1. The van der Waals surface area contributed by atoms with Crippen LogP contribution < -0.4 is 15.4 Å². The van der Waals surface area contributed by atoms with Gasteiger partial charge in [-0.2, -0.15) is 0 Å². The summed E-state index contributed by atoms with van der Waals surface area (Å²) >= 11 is 0. The summed E-state index contributed by atoms with van der Waals surface area (Å²) in [6, 6.07) is 17.9.